The molecule has 0 aliphatic carbocycles. The summed E-state index contributed by atoms with van der Waals surface area (Å²) >= 11 is 0. The summed E-state index contributed by atoms with van der Waals surface area (Å²) < 4.78 is 23.7. The summed E-state index contributed by atoms with van der Waals surface area (Å²) in [5, 5.41) is 3.10. The quantitative estimate of drug-likeness (QED) is 0.701. The van der Waals surface area contributed by atoms with Gasteiger partial charge in [-0.15, -0.1) is 0 Å². The SMILES string of the molecule is CCOP(=O)(NC(c1ccccc1)c1ccc(C)cc1)OCC. The Hall–Kier alpha value is -1.45. The third-order valence-corrected chi connectivity index (χ3v) is 5.20. The van der Waals surface area contributed by atoms with Gasteiger partial charge in [0.05, 0.1) is 19.3 Å². The number of rotatable bonds is 8. The lowest BCUT2D eigenvalue weighted by Gasteiger charge is -2.25. The Balaban J connectivity index is 2.37. The fourth-order valence-electron chi connectivity index (χ4n) is 2.36. The Morgan fingerprint density at radius 1 is 0.913 bits per heavy atom. The second-order valence-corrected chi connectivity index (χ2v) is 6.99. The van der Waals surface area contributed by atoms with Gasteiger partial charge in [0.25, 0.3) is 0 Å². The van der Waals surface area contributed by atoms with Crippen LogP contribution in [0.25, 0.3) is 0 Å². The molecule has 2 aromatic carbocycles. The molecule has 0 aliphatic heterocycles. The van der Waals surface area contributed by atoms with Crippen molar-refractivity contribution in [3.63, 3.8) is 0 Å². The van der Waals surface area contributed by atoms with Crippen molar-refractivity contribution in [2.45, 2.75) is 26.8 Å². The lowest BCUT2D eigenvalue weighted by molar-refractivity contribution is 0.208. The van der Waals surface area contributed by atoms with Crippen molar-refractivity contribution in [2.24, 2.45) is 0 Å². The van der Waals surface area contributed by atoms with Gasteiger partial charge in [-0.1, -0.05) is 60.2 Å². The van der Waals surface area contributed by atoms with Crippen molar-refractivity contribution in [1.82, 2.24) is 5.09 Å². The fraction of sp³-hybridized carbons (Fsp3) is 0.333. The van der Waals surface area contributed by atoms with Gasteiger partial charge < -0.3 is 0 Å². The minimum absolute atomic E-state index is 0.263. The molecule has 2 aromatic rings. The minimum Gasteiger partial charge on any atom is -0.297 e. The molecule has 0 aliphatic rings. The fourth-order valence-corrected chi connectivity index (χ4v) is 3.87. The molecule has 0 spiro atoms. The van der Waals surface area contributed by atoms with Crippen molar-refractivity contribution < 1.29 is 13.6 Å². The molecule has 1 atom stereocenters. The molecule has 0 aromatic heterocycles. The van der Waals surface area contributed by atoms with Crippen molar-refractivity contribution in [1.29, 1.82) is 0 Å². The highest BCUT2D eigenvalue weighted by Gasteiger charge is 2.29. The first-order chi connectivity index (χ1) is 11.1. The molecule has 0 bridgehead atoms. The van der Waals surface area contributed by atoms with Crippen LogP contribution in [0, 0.1) is 6.92 Å². The van der Waals surface area contributed by atoms with Gasteiger partial charge in [0, 0.05) is 0 Å². The number of hydrogen-bond donors (Lipinski definition) is 1. The molecular formula is C18H24NO3P. The Kier molecular flexibility index (Phi) is 6.55. The van der Waals surface area contributed by atoms with E-state index in [4.69, 9.17) is 9.05 Å². The summed E-state index contributed by atoms with van der Waals surface area (Å²) in [6.45, 7) is 6.28. The average Bonchev–Trinajstić information content (AvgIpc) is 2.55. The molecule has 124 valence electrons. The predicted octanol–water partition coefficient (Wildman–Crippen LogP) is 4.86. The summed E-state index contributed by atoms with van der Waals surface area (Å²) in [7, 11) is -3.37. The summed E-state index contributed by atoms with van der Waals surface area (Å²) in [6.07, 6.45) is 0. The molecule has 1 N–H and O–H groups in total. The lowest BCUT2D eigenvalue weighted by atomic mass is 9.99. The summed E-state index contributed by atoms with van der Waals surface area (Å²) in [5.41, 5.74) is 3.20. The molecule has 23 heavy (non-hydrogen) atoms. The van der Waals surface area contributed by atoms with E-state index >= 15 is 0 Å². The molecule has 5 heteroatoms. The van der Waals surface area contributed by atoms with Gasteiger partial charge in [-0.3, -0.25) is 9.05 Å². The van der Waals surface area contributed by atoms with Crippen molar-refractivity contribution in [3.05, 3.63) is 71.3 Å². The molecule has 2 rings (SSSR count). The highest BCUT2D eigenvalue weighted by atomic mass is 31.2. The van der Waals surface area contributed by atoms with E-state index < -0.39 is 7.75 Å². The topological polar surface area (TPSA) is 47.6 Å². The zero-order valence-electron chi connectivity index (χ0n) is 13.9. The molecule has 0 saturated heterocycles. The molecule has 0 amide bonds. The van der Waals surface area contributed by atoms with Crippen LogP contribution in [-0.2, 0) is 13.6 Å². The van der Waals surface area contributed by atoms with E-state index in [1.165, 1.54) is 5.56 Å². The number of hydrogen-bond acceptors (Lipinski definition) is 3. The van der Waals surface area contributed by atoms with Crippen LogP contribution in [0.5, 0.6) is 0 Å². The van der Waals surface area contributed by atoms with Crippen LogP contribution in [0.4, 0.5) is 0 Å². The van der Waals surface area contributed by atoms with E-state index in [1.807, 2.05) is 61.5 Å². The molecule has 0 radical (unpaired) electrons. The number of nitrogens with one attached hydrogen (secondary N) is 1. The van der Waals surface area contributed by atoms with Crippen LogP contribution in [0.3, 0.4) is 0 Å². The summed E-state index contributed by atoms with van der Waals surface area (Å²) in [4.78, 5) is 0. The van der Waals surface area contributed by atoms with Gasteiger partial charge in [0.1, 0.15) is 0 Å². The number of aryl methyl sites for hydroxylation is 1. The highest BCUT2D eigenvalue weighted by molar-refractivity contribution is 7.51. The van der Waals surface area contributed by atoms with Crippen molar-refractivity contribution in [2.75, 3.05) is 13.2 Å². The van der Waals surface area contributed by atoms with Gasteiger partial charge in [0.15, 0.2) is 0 Å². The zero-order valence-corrected chi connectivity index (χ0v) is 14.8. The van der Waals surface area contributed by atoms with Crippen molar-refractivity contribution in [3.8, 4) is 0 Å². The standard InChI is InChI=1S/C18H24NO3P/c1-4-21-23(20,22-5-2)19-18(16-9-7-6-8-10-16)17-13-11-15(3)12-14-17/h6-14,18H,4-5H2,1-3H3,(H,19,20). The Labute approximate surface area is 138 Å². The smallest absolute Gasteiger partial charge is 0.297 e. The third-order valence-electron chi connectivity index (χ3n) is 3.43. The van der Waals surface area contributed by atoms with E-state index in [0.717, 1.165) is 11.1 Å². The van der Waals surface area contributed by atoms with E-state index in [1.54, 1.807) is 13.8 Å². The molecular weight excluding hydrogens is 309 g/mol. The molecule has 4 nitrogen and oxygen atoms in total. The van der Waals surface area contributed by atoms with E-state index in [-0.39, 0.29) is 6.04 Å². The minimum atomic E-state index is -3.37. The lowest BCUT2D eigenvalue weighted by Crippen LogP contribution is -2.22. The predicted molar refractivity (Wildman–Crippen MR) is 93.5 cm³/mol. The highest BCUT2D eigenvalue weighted by Crippen LogP contribution is 2.47. The molecule has 0 fully saturated rings. The molecule has 1 unspecified atom stereocenters. The third kappa shape index (κ3) is 5.02. The van der Waals surface area contributed by atoms with Crippen LogP contribution in [-0.4, -0.2) is 13.2 Å². The van der Waals surface area contributed by atoms with Crippen LogP contribution in [0.15, 0.2) is 54.6 Å². The van der Waals surface area contributed by atoms with Gasteiger partial charge >= 0.3 is 7.75 Å². The average molecular weight is 333 g/mol. The second kappa shape index (κ2) is 8.42. The van der Waals surface area contributed by atoms with Gasteiger partial charge in [-0.25, -0.2) is 9.65 Å². The van der Waals surface area contributed by atoms with Crippen LogP contribution < -0.4 is 5.09 Å². The zero-order chi connectivity index (χ0) is 16.7. The molecule has 0 saturated carbocycles. The number of benzene rings is 2. The first-order valence-corrected chi connectivity index (χ1v) is 9.40. The Morgan fingerprint density at radius 2 is 1.43 bits per heavy atom. The van der Waals surface area contributed by atoms with Crippen LogP contribution in [0.2, 0.25) is 0 Å². The molecule has 0 heterocycles. The normalized spacial score (nSPS) is 13.0. The maximum atomic E-state index is 12.9. The summed E-state index contributed by atoms with van der Waals surface area (Å²) in [5.74, 6) is 0. The first kappa shape index (κ1) is 17.9. The van der Waals surface area contributed by atoms with Crippen molar-refractivity contribution >= 4 is 7.75 Å². The van der Waals surface area contributed by atoms with Gasteiger partial charge in [0.2, 0.25) is 0 Å². The first-order valence-electron chi connectivity index (χ1n) is 7.86. The largest absolute Gasteiger partial charge is 0.406 e. The van der Waals surface area contributed by atoms with E-state index in [9.17, 15) is 4.57 Å². The van der Waals surface area contributed by atoms with Crippen LogP contribution in [0.1, 0.15) is 36.6 Å². The second-order valence-electron chi connectivity index (χ2n) is 5.22. The van der Waals surface area contributed by atoms with Gasteiger partial charge in [-0.2, -0.15) is 0 Å². The Bertz CT molecular complexity index is 633. The Morgan fingerprint density at radius 3 is 1.96 bits per heavy atom. The van der Waals surface area contributed by atoms with Gasteiger partial charge in [-0.05, 0) is 31.9 Å². The van der Waals surface area contributed by atoms with E-state index in [0.29, 0.717) is 13.2 Å². The maximum absolute atomic E-state index is 12.9. The van der Waals surface area contributed by atoms with Crippen LogP contribution >= 0.6 is 7.75 Å². The maximum Gasteiger partial charge on any atom is 0.406 e. The monoisotopic (exact) mass is 333 g/mol. The van der Waals surface area contributed by atoms with E-state index in [2.05, 4.69) is 5.09 Å². The summed E-state index contributed by atoms with van der Waals surface area (Å²) in [6, 6.07) is 17.8.